The Morgan fingerprint density at radius 1 is 1.46 bits per heavy atom. The Labute approximate surface area is 165 Å². The van der Waals surface area contributed by atoms with Gasteiger partial charge in [-0.3, -0.25) is 14.5 Å². The smallest absolute Gasteiger partial charge is 0.253 e. The predicted octanol–water partition coefficient (Wildman–Crippen LogP) is 1.58. The first-order valence-electron chi connectivity index (χ1n) is 9.96. The SMILES string of the molecule is CCN(CC1CCC1)[C@H](CN)C(=O)Nc1ccc(N2CCOCC2=O)c(F)c1. The van der Waals surface area contributed by atoms with Crippen LogP contribution >= 0.6 is 0 Å². The zero-order valence-electron chi connectivity index (χ0n) is 16.3. The summed E-state index contributed by atoms with van der Waals surface area (Å²) < 4.78 is 19.6. The molecule has 0 radical (unpaired) electrons. The Bertz CT molecular complexity index is 711. The minimum absolute atomic E-state index is 0.0516. The molecule has 2 aliphatic rings. The van der Waals surface area contributed by atoms with Crippen molar-refractivity contribution in [1.29, 1.82) is 0 Å². The molecular weight excluding hydrogens is 363 g/mol. The van der Waals surface area contributed by atoms with Gasteiger partial charge in [0.05, 0.1) is 12.3 Å². The molecule has 1 saturated carbocycles. The average Bonchev–Trinajstić information content (AvgIpc) is 2.64. The van der Waals surface area contributed by atoms with E-state index in [1.54, 1.807) is 6.07 Å². The quantitative estimate of drug-likeness (QED) is 0.701. The summed E-state index contributed by atoms with van der Waals surface area (Å²) in [4.78, 5) is 28.1. The van der Waals surface area contributed by atoms with E-state index in [0.29, 0.717) is 24.8 Å². The summed E-state index contributed by atoms with van der Waals surface area (Å²) in [6, 6.07) is 3.91. The van der Waals surface area contributed by atoms with E-state index in [2.05, 4.69) is 10.2 Å². The predicted molar refractivity (Wildman–Crippen MR) is 106 cm³/mol. The van der Waals surface area contributed by atoms with Gasteiger partial charge >= 0.3 is 0 Å². The van der Waals surface area contributed by atoms with Gasteiger partial charge in [-0.1, -0.05) is 13.3 Å². The molecule has 28 heavy (non-hydrogen) atoms. The summed E-state index contributed by atoms with van der Waals surface area (Å²) in [6.45, 7) is 4.44. The molecule has 2 amide bonds. The first-order valence-corrected chi connectivity index (χ1v) is 9.96. The van der Waals surface area contributed by atoms with E-state index in [9.17, 15) is 14.0 Å². The molecule has 3 N–H and O–H groups in total. The van der Waals surface area contributed by atoms with Crippen molar-refractivity contribution in [3.8, 4) is 0 Å². The third-order valence-corrected chi connectivity index (χ3v) is 5.58. The number of hydrogen-bond acceptors (Lipinski definition) is 5. The van der Waals surface area contributed by atoms with Gasteiger partial charge < -0.3 is 20.7 Å². The number of morpholine rings is 1. The second kappa shape index (κ2) is 9.45. The van der Waals surface area contributed by atoms with E-state index < -0.39 is 11.9 Å². The topological polar surface area (TPSA) is 87.9 Å². The fraction of sp³-hybridized carbons (Fsp3) is 0.600. The molecule has 3 rings (SSSR count). The number of nitrogens with one attached hydrogen (secondary N) is 1. The number of halogens is 1. The van der Waals surface area contributed by atoms with Gasteiger partial charge in [0.1, 0.15) is 18.5 Å². The molecule has 154 valence electrons. The van der Waals surface area contributed by atoms with Crippen molar-refractivity contribution in [3.63, 3.8) is 0 Å². The lowest BCUT2D eigenvalue weighted by atomic mass is 9.85. The summed E-state index contributed by atoms with van der Waals surface area (Å²) in [7, 11) is 0. The zero-order valence-corrected chi connectivity index (χ0v) is 16.3. The highest BCUT2D eigenvalue weighted by Crippen LogP contribution is 2.28. The van der Waals surface area contributed by atoms with Gasteiger partial charge in [0.2, 0.25) is 5.91 Å². The number of rotatable bonds is 8. The van der Waals surface area contributed by atoms with Gasteiger partial charge in [-0.15, -0.1) is 0 Å². The van der Waals surface area contributed by atoms with Crippen molar-refractivity contribution < 1.29 is 18.7 Å². The van der Waals surface area contributed by atoms with E-state index in [4.69, 9.17) is 10.5 Å². The first kappa shape index (κ1) is 20.7. The van der Waals surface area contributed by atoms with Crippen LogP contribution in [0.3, 0.4) is 0 Å². The van der Waals surface area contributed by atoms with Crippen LogP contribution in [0.2, 0.25) is 0 Å². The highest BCUT2D eigenvalue weighted by atomic mass is 19.1. The van der Waals surface area contributed by atoms with Gasteiger partial charge in [-0.05, 0) is 43.5 Å². The Morgan fingerprint density at radius 2 is 2.25 bits per heavy atom. The van der Waals surface area contributed by atoms with Crippen LogP contribution in [-0.2, 0) is 14.3 Å². The van der Waals surface area contributed by atoms with Crippen molar-refractivity contribution in [1.82, 2.24) is 4.90 Å². The summed E-state index contributed by atoms with van der Waals surface area (Å²) in [5.74, 6) is -0.443. The molecule has 1 aliphatic carbocycles. The summed E-state index contributed by atoms with van der Waals surface area (Å²) in [5, 5.41) is 2.77. The van der Waals surface area contributed by atoms with Gasteiger partial charge in [0.25, 0.3) is 5.91 Å². The summed E-state index contributed by atoms with van der Waals surface area (Å²) >= 11 is 0. The molecule has 0 unspecified atom stereocenters. The van der Waals surface area contributed by atoms with Crippen molar-refractivity contribution in [3.05, 3.63) is 24.0 Å². The monoisotopic (exact) mass is 392 g/mol. The number of carbonyl (C=O) groups excluding carboxylic acids is 2. The maximum absolute atomic E-state index is 14.6. The number of nitrogens with zero attached hydrogens (tertiary/aromatic N) is 2. The van der Waals surface area contributed by atoms with Gasteiger partial charge in [-0.25, -0.2) is 4.39 Å². The number of likely N-dealkylation sites (N-methyl/N-ethyl adjacent to an activating group) is 1. The molecule has 2 fully saturated rings. The molecule has 8 heteroatoms. The molecule has 0 spiro atoms. The zero-order chi connectivity index (χ0) is 20.1. The molecule has 1 aliphatic heterocycles. The molecule has 1 saturated heterocycles. The molecule has 0 aromatic heterocycles. The maximum atomic E-state index is 14.6. The van der Waals surface area contributed by atoms with E-state index in [0.717, 1.165) is 13.1 Å². The number of hydrogen-bond donors (Lipinski definition) is 2. The highest BCUT2D eigenvalue weighted by molar-refractivity contribution is 5.97. The molecule has 0 bridgehead atoms. The van der Waals surface area contributed by atoms with Crippen molar-refractivity contribution in [2.75, 3.05) is 49.6 Å². The van der Waals surface area contributed by atoms with Crippen molar-refractivity contribution in [2.45, 2.75) is 32.2 Å². The largest absolute Gasteiger partial charge is 0.370 e. The van der Waals surface area contributed by atoms with Crippen LogP contribution in [0.4, 0.5) is 15.8 Å². The van der Waals surface area contributed by atoms with Crippen LogP contribution in [0.1, 0.15) is 26.2 Å². The highest BCUT2D eigenvalue weighted by Gasteiger charge is 2.28. The minimum Gasteiger partial charge on any atom is -0.370 e. The van der Waals surface area contributed by atoms with Gasteiger partial charge in [0, 0.05) is 25.3 Å². The van der Waals surface area contributed by atoms with Gasteiger partial charge in [0.15, 0.2) is 0 Å². The third kappa shape index (κ3) is 4.68. The Hall–Kier alpha value is -2.03. The minimum atomic E-state index is -0.556. The van der Waals surface area contributed by atoms with Crippen molar-refractivity contribution in [2.24, 2.45) is 11.7 Å². The lowest BCUT2D eigenvalue weighted by Crippen LogP contribution is -2.50. The third-order valence-electron chi connectivity index (χ3n) is 5.58. The average molecular weight is 392 g/mol. The van der Waals surface area contributed by atoms with Crippen molar-refractivity contribution >= 4 is 23.2 Å². The Balaban J connectivity index is 1.66. The number of ether oxygens (including phenoxy) is 1. The van der Waals surface area contributed by atoms with E-state index >= 15 is 0 Å². The molecule has 7 nitrogen and oxygen atoms in total. The fourth-order valence-electron chi connectivity index (χ4n) is 3.71. The van der Waals surface area contributed by atoms with E-state index in [1.807, 2.05) is 6.92 Å². The van der Waals surface area contributed by atoms with Crippen LogP contribution in [0, 0.1) is 11.7 Å². The second-order valence-corrected chi connectivity index (χ2v) is 7.39. The standard InChI is InChI=1S/C20H29FN4O3/c1-2-24(12-14-4-3-5-14)18(11-22)20(27)23-15-6-7-17(16(21)10-15)25-8-9-28-13-19(25)26/h6-7,10,14,18H,2-5,8-9,11-13,22H2,1H3,(H,23,27)/t18-/m1/s1. The van der Waals surface area contributed by atoms with E-state index in [1.165, 1.54) is 36.3 Å². The normalized spacial score (nSPS) is 18.9. The van der Waals surface area contributed by atoms with Crippen LogP contribution in [0.5, 0.6) is 0 Å². The lowest BCUT2D eigenvalue weighted by Gasteiger charge is -2.35. The molecule has 1 atom stereocenters. The first-order chi connectivity index (χ1) is 13.5. The molecule has 1 heterocycles. The second-order valence-electron chi connectivity index (χ2n) is 7.39. The van der Waals surface area contributed by atoms with Crippen LogP contribution in [0.15, 0.2) is 18.2 Å². The number of benzene rings is 1. The number of nitrogens with two attached hydrogens (primary N) is 1. The maximum Gasteiger partial charge on any atom is 0.253 e. The summed E-state index contributed by atoms with van der Waals surface area (Å²) in [5.41, 5.74) is 6.42. The number of anilines is 2. The van der Waals surface area contributed by atoms with Crippen LogP contribution in [-0.4, -0.2) is 62.1 Å². The summed E-state index contributed by atoms with van der Waals surface area (Å²) in [6.07, 6.45) is 3.64. The molecule has 1 aromatic carbocycles. The van der Waals surface area contributed by atoms with Gasteiger partial charge in [-0.2, -0.15) is 0 Å². The lowest BCUT2D eigenvalue weighted by molar-refractivity contribution is -0.125. The molecular formula is C20H29FN4O3. The van der Waals surface area contributed by atoms with Crippen LogP contribution < -0.4 is 16.0 Å². The Kier molecular flexibility index (Phi) is 6.98. The Morgan fingerprint density at radius 3 is 2.82 bits per heavy atom. The number of amides is 2. The fourth-order valence-corrected chi connectivity index (χ4v) is 3.71. The van der Waals surface area contributed by atoms with E-state index in [-0.39, 0.29) is 30.7 Å². The molecule has 1 aromatic rings. The van der Waals surface area contributed by atoms with Crippen LogP contribution in [0.25, 0.3) is 0 Å². The number of carbonyl (C=O) groups is 2.